The monoisotopic (exact) mass is 343 g/mol. The highest BCUT2D eigenvalue weighted by atomic mass is 35.5. The van der Waals surface area contributed by atoms with Gasteiger partial charge >= 0.3 is 0 Å². The van der Waals surface area contributed by atoms with Crippen molar-refractivity contribution in [2.24, 2.45) is 0 Å². The Hall–Kier alpha value is -2.40. The maximum absolute atomic E-state index is 13.7. The van der Waals surface area contributed by atoms with Gasteiger partial charge in [0.25, 0.3) is 5.91 Å². The number of hydrogen-bond acceptors (Lipinski definition) is 2. The second-order valence-corrected chi connectivity index (χ2v) is 6.41. The lowest BCUT2D eigenvalue weighted by Crippen LogP contribution is -2.30. The molecule has 1 aliphatic heterocycles. The van der Waals surface area contributed by atoms with Gasteiger partial charge in [0, 0.05) is 17.1 Å². The smallest absolute Gasteiger partial charge is 0.254 e. The second-order valence-electron chi connectivity index (χ2n) is 5.98. The Balaban J connectivity index is 1.66. The predicted octanol–water partition coefficient (Wildman–Crippen LogP) is 4.33. The summed E-state index contributed by atoms with van der Waals surface area (Å²) in [6.45, 7) is 0.692. The predicted molar refractivity (Wildman–Crippen MR) is 90.5 cm³/mol. The number of likely N-dealkylation sites (tertiary alicyclic amines) is 1. The van der Waals surface area contributed by atoms with Gasteiger partial charge in [0.2, 0.25) is 5.95 Å². The molecule has 0 unspecified atom stereocenters. The van der Waals surface area contributed by atoms with Crippen LogP contribution in [0.5, 0.6) is 0 Å². The Morgan fingerprint density at radius 2 is 2.04 bits per heavy atom. The van der Waals surface area contributed by atoms with E-state index in [9.17, 15) is 9.18 Å². The fourth-order valence-electron chi connectivity index (χ4n) is 3.32. The number of aromatic nitrogens is 2. The molecule has 1 N–H and O–H groups in total. The van der Waals surface area contributed by atoms with Crippen LogP contribution >= 0.6 is 11.6 Å². The SMILES string of the molecule is O=C(c1ccc2n[nH]c(F)c2c1)N1CCC[C@H]1c1ccc(Cl)cc1. The van der Waals surface area contributed by atoms with E-state index in [1.54, 1.807) is 18.2 Å². The average molecular weight is 344 g/mol. The van der Waals surface area contributed by atoms with E-state index in [1.807, 2.05) is 29.2 Å². The summed E-state index contributed by atoms with van der Waals surface area (Å²) in [6, 6.07) is 12.5. The molecule has 1 amide bonds. The van der Waals surface area contributed by atoms with Gasteiger partial charge in [-0.2, -0.15) is 9.49 Å². The van der Waals surface area contributed by atoms with Crippen molar-refractivity contribution in [1.29, 1.82) is 0 Å². The molecule has 1 saturated heterocycles. The van der Waals surface area contributed by atoms with Crippen molar-refractivity contribution in [3.05, 3.63) is 64.6 Å². The molecule has 0 spiro atoms. The number of hydrogen-bond donors (Lipinski definition) is 1. The molecule has 0 aliphatic carbocycles. The molecule has 4 rings (SSSR count). The van der Waals surface area contributed by atoms with Gasteiger partial charge < -0.3 is 4.90 Å². The van der Waals surface area contributed by atoms with Crippen molar-refractivity contribution in [1.82, 2.24) is 15.1 Å². The average Bonchev–Trinajstić information content (AvgIpc) is 3.22. The lowest BCUT2D eigenvalue weighted by Gasteiger charge is -2.25. The minimum absolute atomic E-state index is 0.0275. The summed E-state index contributed by atoms with van der Waals surface area (Å²) in [4.78, 5) is 14.8. The van der Waals surface area contributed by atoms with Crippen molar-refractivity contribution < 1.29 is 9.18 Å². The van der Waals surface area contributed by atoms with Gasteiger partial charge in [0.15, 0.2) is 0 Å². The van der Waals surface area contributed by atoms with Crippen molar-refractivity contribution in [3.8, 4) is 0 Å². The minimum Gasteiger partial charge on any atom is -0.332 e. The number of aromatic amines is 1. The topological polar surface area (TPSA) is 49.0 Å². The molecular weight excluding hydrogens is 329 g/mol. The zero-order chi connectivity index (χ0) is 16.7. The fraction of sp³-hybridized carbons (Fsp3) is 0.222. The largest absolute Gasteiger partial charge is 0.332 e. The van der Waals surface area contributed by atoms with Gasteiger partial charge in [-0.15, -0.1) is 0 Å². The molecule has 0 bridgehead atoms. The third-order valence-corrected chi connectivity index (χ3v) is 4.77. The number of amides is 1. The zero-order valence-corrected chi connectivity index (χ0v) is 13.6. The zero-order valence-electron chi connectivity index (χ0n) is 12.8. The van der Waals surface area contributed by atoms with Crippen LogP contribution in [0.25, 0.3) is 10.9 Å². The summed E-state index contributed by atoms with van der Waals surface area (Å²) < 4.78 is 13.7. The van der Waals surface area contributed by atoms with E-state index in [0.29, 0.717) is 28.0 Å². The Morgan fingerprint density at radius 1 is 1.25 bits per heavy atom. The number of benzene rings is 2. The Morgan fingerprint density at radius 3 is 2.83 bits per heavy atom. The van der Waals surface area contributed by atoms with E-state index in [2.05, 4.69) is 10.2 Å². The number of carbonyl (C=O) groups is 1. The van der Waals surface area contributed by atoms with Crippen LogP contribution in [0.2, 0.25) is 5.02 Å². The summed E-state index contributed by atoms with van der Waals surface area (Å²) >= 11 is 5.95. The molecule has 1 fully saturated rings. The van der Waals surface area contributed by atoms with Gasteiger partial charge in [0.1, 0.15) is 0 Å². The van der Waals surface area contributed by atoms with E-state index < -0.39 is 5.95 Å². The first-order valence-electron chi connectivity index (χ1n) is 7.83. The molecule has 3 aromatic rings. The summed E-state index contributed by atoms with van der Waals surface area (Å²) in [6.07, 6.45) is 1.86. The van der Waals surface area contributed by atoms with Crippen LogP contribution in [-0.4, -0.2) is 27.5 Å². The van der Waals surface area contributed by atoms with Crippen molar-refractivity contribution in [2.45, 2.75) is 18.9 Å². The highest BCUT2D eigenvalue weighted by molar-refractivity contribution is 6.30. The summed E-state index contributed by atoms with van der Waals surface area (Å²) in [5.74, 6) is -0.606. The number of nitrogens with zero attached hydrogens (tertiary/aromatic N) is 2. The van der Waals surface area contributed by atoms with Crippen molar-refractivity contribution in [2.75, 3.05) is 6.54 Å². The molecule has 4 nitrogen and oxygen atoms in total. The second kappa shape index (κ2) is 5.91. The molecule has 1 atom stereocenters. The number of halogens is 2. The molecule has 1 aliphatic rings. The number of rotatable bonds is 2. The van der Waals surface area contributed by atoms with Crippen molar-refractivity contribution >= 4 is 28.4 Å². The van der Waals surface area contributed by atoms with Gasteiger partial charge in [-0.3, -0.25) is 9.89 Å². The molecular formula is C18H15ClFN3O. The first-order chi connectivity index (χ1) is 11.6. The summed E-state index contributed by atoms with van der Waals surface area (Å²) in [5.41, 5.74) is 2.06. The van der Waals surface area contributed by atoms with Crippen LogP contribution in [0.15, 0.2) is 42.5 Å². The Bertz CT molecular complexity index is 906. The maximum atomic E-state index is 13.7. The molecule has 2 heterocycles. The molecule has 122 valence electrons. The maximum Gasteiger partial charge on any atom is 0.254 e. The fourth-order valence-corrected chi connectivity index (χ4v) is 3.44. The first-order valence-corrected chi connectivity index (χ1v) is 8.21. The number of fused-ring (bicyclic) bond motifs is 1. The van der Waals surface area contributed by atoms with Crippen LogP contribution in [-0.2, 0) is 0 Å². The van der Waals surface area contributed by atoms with E-state index in [4.69, 9.17) is 11.6 Å². The molecule has 24 heavy (non-hydrogen) atoms. The summed E-state index contributed by atoms with van der Waals surface area (Å²) in [5, 5.41) is 7.16. The van der Waals surface area contributed by atoms with Gasteiger partial charge in [-0.1, -0.05) is 23.7 Å². The van der Waals surface area contributed by atoms with Crippen LogP contribution in [0.1, 0.15) is 34.8 Å². The van der Waals surface area contributed by atoms with Crippen LogP contribution in [0.3, 0.4) is 0 Å². The van der Waals surface area contributed by atoms with Crippen LogP contribution in [0, 0.1) is 5.95 Å². The Labute approximate surface area is 143 Å². The lowest BCUT2D eigenvalue weighted by molar-refractivity contribution is 0.0736. The standard InChI is InChI=1S/C18H15ClFN3O/c19-13-6-3-11(4-7-13)16-2-1-9-23(16)18(24)12-5-8-15-14(10-12)17(20)22-21-15/h3-8,10,16H,1-2,9H2,(H,21,22)/t16-/m0/s1. The normalized spacial score (nSPS) is 17.6. The highest BCUT2D eigenvalue weighted by Crippen LogP contribution is 2.34. The number of H-pyrrole nitrogens is 1. The molecule has 1 aromatic heterocycles. The summed E-state index contributed by atoms with van der Waals surface area (Å²) in [7, 11) is 0. The van der Waals surface area contributed by atoms with Gasteiger partial charge in [-0.25, -0.2) is 0 Å². The highest BCUT2D eigenvalue weighted by Gasteiger charge is 2.30. The van der Waals surface area contributed by atoms with E-state index in [-0.39, 0.29) is 11.9 Å². The molecule has 0 saturated carbocycles. The van der Waals surface area contributed by atoms with Crippen LogP contribution in [0.4, 0.5) is 4.39 Å². The quantitative estimate of drug-likeness (QED) is 0.752. The van der Waals surface area contributed by atoms with E-state index in [0.717, 1.165) is 18.4 Å². The third-order valence-electron chi connectivity index (χ3n) is 4.52. The van der Waals surface area contributed by atoms with Crippen molar-refractivity contribution in [3.63, 3.8) is 0 Å². The van der Waals surface area contributed by atoms with E-state index in [1.165, 1.54) is 0 Å². The first kappa shape index (κ1) is 15.1. The Kier molecular flexibility index (Phi) is 3.73. The molecule has 6 heteroatoms. The lowest BCUT2D eigenvalue weighted by atomic mass is 10.0. The molecule has 2 aromatic carbocycles. The number of carbonyl (C=O) groups excluding carboxylic acids is 1. The van der Waals surface area contributed by atoms with Gasteiger partial charge in [0.05, 0.1) is 16.9 Å². The van der Waals surface area contributed by atoms with Gasteiger partial charge in [-0.05, 0) is 48.7 Å². The molecule has 0 radical (unpaired) electrons. The van der Waals surface area contributed by atoms with E-state index >= 15 is 0 Å². The third kappa shape index (κ3) is 2.55. The van der Waals surface area contributed by atoms with Crippen LogP contribution < -0.4 is 0 Å². The minimum atomic E-state index is -0.518. The number of nitrogens with one attached hydrogen (secondary N) is 1.